The smallest absolute Gasteiger partial charge is 0.166 e. The van der Waals surface area contributed by atoms with Crippen LogP contribution in [0.1, 0.15) is 0 Å². The number of aromatic nitrogens is 5. The maximum Gasteiger partial charge on any atom is 0.166 e. The summed E-state index contributed by atoms with van der Waals surface area (Å²) in [7, 11) is 0. The second-order valence-electron chi connectivity index (χ2n) is 17.8. The van der Waals surface area contributed by atoms with E-state index in [1.54, 1.807) is 6.20 Å². The number of fused-ring (bicyclic) bond motifs is 8. The van der Waals surface area contributed by atoms with Gasteiger partial charge in [0, 0.05) is 50.1 Å². The first kappa shape index (κ1) is 39.6. The van der Waals surface area contributed by atoms with Crippen molar-refractivity contribution < 1.29 is 4.42 Å². The molecule has 0 unspecified atom stereocenters. The third-order valence-electron chi connectivity index (χ3n) is 13.7. The molecule has 0 radical (unpaired) electrons. The maximum atomic E-state index is 6.28. The molecule has 70 heavy (non-hydrogen) atoms. The molecule has 0 spiro atoms. The lowest BCUT2D eigenvalue weighted by Gasteiger charge is -2.13. The van der Waals surface area contributed by atoms with Crippen LogP contribution in [0.3, 0.4) is 0 Å². The summed E-state index contributed by atoms with van der Waals surface area (Å²) in [6, 6.07) is 79.6. The highest BCUT2D eigenvalue weighted by Crippen LogP contribution is 2.39. The summed E-state index contributed by atoms with van der Waals surface area (Å²) in [5, 5.41) is 9.21. The van der Waals surface area contributed by atoms with E-state index in [-0.39, 0.29) is 0 Å². The predicted molar refractivity (Wildman–Crippen MR) is 287 cm³/mol. The van der Waals surface area contributed by atoms with Gasteiger partial charge in [-0.2, -0.15) is 0 Å². The average molecular weight is 894 g/mol. The molecule has 0 saturated heterocycles. The van der Waals surface area contributed by atoms with Crippen molar-refractivity contribution in [2.24, 2.45) is 0 Å². The molecule has 14 rings (SSSR count). The van der Waals surface area contributed by atoms with E-state index in [1.807, 2.05) is 24.4 Å². The van der Waals surface area contributed by atoms with Crippen LogP contribution in [-0.2, 0) is 0 Å². The van der Waals surface area contributed by atoms with Crippen LogP contribution in [0.5, 0.6) is 0 Å². The molecule has 0 aliphatic rings. The molecular weight excluding hydrogens is 855 g/mol. The fourth-order valence-corrected chi connectivity index (χ4v) is 10.3. The number of rotatable bonds is 7. The normalized spacial score (nSPS) is 11.7. The van der Waals surface area contributed by atoms with Gasteiger partial charge in [0.2, 0.25) is 0 Å². The third kappa shape index (κ3) is 6.65. The molecule has 0 saturated carbocycles. The zero-order chi connectivity index (χ0) is 46.1. The van der Waals surface area contributed by atoms with E-state index in [0.29, 0.717) is 23.1 Å². The summed E-state index contributed by atoms with van der Waals surface area (Å²) in [5.74, 6) is 1.64. The molecule has 0 amide bonds. The van der Waals surface area contributed by atoms with Crippen LogP contribution in [0.15, 0.2) is 241 Å². The van der Waals surface area contributed by atoms with Crippen LogP contribution < -0.4 is 0 Å². The van der Waals surface area contributed by atoms with Gasteiger partial charge < -0.3 is 8.98 Å². The van der Waals surface area contributed by atoms with Crippen LogP contribution in [0, 0.1) is 0 Å². The summed E-state index contributed by atoms with van der Waals surface area (Å²) >= 11 is 0. The van der Waals surface area contributed by atoms with Gasteiger partial charge in [-0.3, -0.25) is 4.98 Å². The first-order valence-corrected chi connectivity index (χ1v) is 23.5. The van der Waals surface area contributed by atoms with E-state index in [9.17, 15) is 0 Å². The quantitative estimate of drug-likeness (QED) is 0.159. The predicted octanol–water partition coefficient (Wildman–Crippen LogP) is 16.6. The molecule has 4 heterocycles. The van der Waals surface area contributed by atoms with Crippen molar-refractivity contribution in [2.75, 3.05) is 0 Å². The van der Waals surface area contributed by atoms with E-state index < -0.39 is 0 Å². The Morgan fingerprint density at radius 3 is 1.80 bits per heavy atom. The van der Waals surface area contributed by atoms with Crippen LogP contribution in [0.2, 0.25) is 0 Å². The molecule has 6 heteroatoms. The fourth-order valence-electron chi connectivity index (χ4n) is 10.3. The Morgan fingerprint density at radius 1 is 0.314 bits per heavy atom. The van der Waals surface area contributed by atoms with Crippen LogP contribution >= 0.6 is 0 Å². The van der Waals surface area contributed by atoms with Gasteiger partial charge in [0.25, 0.3) is 0 Å². The Labute approximate surface area is 402 Å². The minimum Gasteiger partial charge on any atom is -0.454 e. The number of benzene rings is 10. The second-order valence-corrected chi connectivity index (χ2v) is 17.8. The molecule has 326 valence electrons. The van der Waals surface area contributed by atoms with Crippen molar-refractivity contribution in [3.05, 3.63) is 237 Å². The van der Waals surface area contributed by atoms with Gasteiger partial charge in [0.15, 0.2) is 23.1 Å². The molecule has 0 bridgehead atoms. The lowest BCUT2D eigenvalue weighted by molar-refractivity contribution is 0.667. The molecule has 0 fully saturated rings. The van der Waals surface area contributed by atoms with Crippen molar-refractivity contribution in [3.63, 3.8) is 0 Å². The average Bonchev–Trinajstić information content (AvgIpc) is 3.98. The summed E-state index contributed by atoms with van der Waals surface area (Å²) < 4.78 is 8.68. The minimum absolute atomic E-state index is 0.518. The van der Waals surface area contributed by atoms with Crippen molar-refractivity contribution in [2.45, 2.75) is 0 Å². The van der Waals surface area contributed by atoms with Gasteiger partial charge >= 0.3 is 0 Å². The summed E-state index contributed by atoms with van der Waals surface area (Å²) in [6.45, 7) is 0. The Bertz CT molecular complexity index is 4370. The standard InChI is InChI=1S/C64H39N5O/c1-2-14-44-34-47(31-26-40(44)12-1)48-32-33-54-53-21-5-7-24-57(53)69(58(54)37-48)50-19-10-17-46(36-50)45-16-9-18-49(35-45)63-66-62(43-29-27-42(28-30-43)52-23-11-15-41-13-3-4-20-51(41)52)67-64(68-63)56-38-65-39-60-61(56)55-22-6-8-25-59(55)70-60/h1-39H. The summed E-state index contributed by atoms with van der Waals surface area (Å²) in [6.07, 6.45) is 3.59. The Kier molecular flexibility index (Phi) is 9.10. The van der Waals surface area contributed by atoms with Crippen LogP contribution in [-0.4, -0.2) is 24.5 Å². The van der Waals surface area contributed by atoms with Crippen molar-refractivity contribution in [1.82, 2.24) is 24.5 Å². The Balaban J connectivity index is 0.891. The minimum atomic E-state index is 0.518. The molecule has 10 aromatic carbocycles. The first-order valence-electron chi connectivity index (χ1n) is 23.5. The largest absolute Gasteiger partial charge is 0.454 e. The number of pyridine rings is 1. The molecule has 4 aromatic heterocycles. The SMILES string of the molecule is c1cc(-c2cccc(-n3c4ccccc4c4ccc(-c5ccc6ccccc6c5)cc43)c2)cc(-c2nc(-c3ccc(-c4cccc5ccccc45)cc3)nc(-c3cncc4oc5ccccc5c34)n2)c1. The lowest BCUT2D eigenvalue weighted by atomic mass is 9.97. The lowest BCUT2D eigenvalue weighted by Crippen LogP contribution is -2.01. The Morgan fingerprint density at radius 2 is 0.914 bits per heavy atom. The van der Waals surface area contributed by atoms with Gasteiger partial charge in [0.05, 0.1) is 17.2 Å². The highest BCUT2D eigenvalue weighted by molar-refractivity contribution is 6.12. The van der Waals surface area contributed by atoms with E-state index >= 15 is 0 Å². The van der Waals surface area contributed by atoms with Crippen LogP contribution in [0.4, 0.5) is 0 Å². The second kappa shape index (κ2) is 16.1. The monoisotopic (exact) mass is 893 g/mol. The molecule has 0 aliphatic carbocycles. The molecule has 0 N–H and O–H groups in total. The maximum absolute atomic E-state index is 6.28. The number of furan rings is 1. The van der Waals surface area contributed by atoms with Gasteiger partial charge in [-0.1, -0.05) is 182 Å². The van der Waals surface area contributed by atoms with Gasteiger partial charge in [0.1, 0.15) is 5.58 Å². The van der Waals surface area contributed by atoms with E-state index in [4.69, 9.17) is 19.4 Å². The summed E-state index contributed by atoms with van der Waals surface area (Å²) in [4.78, 5) is 20.3. The topological polar surface area (TPSA) is 69.6 Å². The highest BCUT2D eigenvalue weighted by Gasteiger charge is 2.20. The molecule has 0 atom stereocenters. The van der Waals surface area contributed by atoms with Crippen molar-refractivity contribution in [1.29, 1.82) is 0 Å². The van der Waals surface area contributed by atoms with Crippen molar-refractivity contribution in [3.8, 4) is 73.2 Å². The zero-order valence-electron chi connectivity index (χ0n) is 37.7. The number of para-hydroxylation sites is 2. The van der Waals surface area contributed by atoms with E-state index in [1.165, 1.54) is 49.0 Å². The zero-order valence-corrected chi connectivity index (χ0v) is 37.7. The molecular formula is C64H39N5O. The molecule has 0 aliphatic heterocycles. The number of nitrogens with zero attached hydrogens (tertiary/aromatic N) is 5. The molecule has 6 nitrogen and oxygen atoms in total. The molecule has 14 aromatic rings. The van der Waals surface area contributed by atoms with Crippen molar-refractivity contribution >= 4 is 65.3 Å². The van der Waals surface area contributed by atoms with Gasteiger partial charge in [-0.05, 0) is 97.4 Å². The highest BCUT2D eigenvalue weighted by atomic mass is 16.3. The van der Waals surface area contributed by atoms with Crippen LogP contribution in [0.25, 0.3) is 139 Å². The third-order valence-corrected chi connectivity index (χ3v) is 13.7. The number of hydrogen-bond acceptors (Lipinski definition) is 5. The number of hydrogen-bond donors (Lipinski definition) is 0. The Hall–Kier alpha value is -9.52. The fraction of sp³-hybridized carbons (Fsp3) is 0. The van der Waals surface area contributed by atoms with Gasteiger partial charge in [-0.15, -0.1) is 0 Å². The first-order chi connectivity index (χ1) is 34.7. The van der Waals surface area contributed by atoms with E-state index in [2.05, 4.69) is 216 Å². The summed E-state index contributed by atoms with van der Waals surface area (Å²) in [5.41, 5.74) is 14.2. The van der Waals surface area contributed by atoms with E-state index in [0.717, 1.165) is 66.5 Å². The van der Waals surface area contributed by atoms with Gasteiger partial charge in [-0.25, -0.2) is 15.0 Å².